The molecule has 6 amide bonds. The zero-order valence-corrected chi connectivity index (χ0v) is 31.7. The highest BCUT2D eigenvalue weighted by Gasteiger charge is 2.31. The number of nitrogens with zero attached hydrogens (tertiary/aromatic N) is 1. The van der Waals surface area contributed by atoms with Crippen LogP contribution in [0.25, 0.3) is 0 Å². The number of hydrogen-bond acceptors (Lipinski definition) is 11. The molecule has 302 valence electrons. The molecule has 0 saturated carbocycles. The van der Waals surface area contributed by atoms with Crippen molar-refractivity contribution >= 4 is 60.0 Å². The molecule has 0 heterocycles. The van der Waals surface area contributed by atoms with Crippen molar-refractivity contribution < 1.29 is 38.7 Å². The Kier molecular flexibility index (Phi) is 22.6. The van der Waals surface area contributed by atoms with Crippen molar-refractivity contribution in [2.24, 2.45) is 33.8 Å². The van der Waals surface area contributed by atoms with Crippen LogP contribution >= 0.6 is 12.6 Å². The predicted molar refractivity (Wildman–Crippen MR) is 206 cm³/mol. The number of amides is 6. The normalized spacial score (nSPS) is 13.6. The number of carbonyl (C=O) groups excluding carboxylic acids is 6. The number of benzene rings is 1. The third-order valence-electron chi connectivity index (χ3n) is 7.83. The Morgan fingerprint density at radius 1 is 0.741 bits per heavy atom. The summed E-state index contributed by atoms with van der Waals surface area (Å²) in [6, 6.07) is 3.08. The van der Waals surface area contributed by atoms with Gasteiger partial charge in [0.05, 0.1) is 19.1 Å². The van der Waals surface area contributed by atoms with Crippen LogP contribution in [0, 0.1) is 5.92 Å². The molecule has 0 bridgehead atoms. The number of aliphatic imine (C=N–C) groups is 1. The zero-order chi connectivity index (χ0) is 40.6. The van der Waals surface area contributed by atoms with E-state index in [0.717, 1.165) is 0 Å². The smallest absolute Gasteiger partial charge is 0.326 e. The van der Waals surface area contributed by atoms with Gasteiger partial charge in [0.2, 0.25) is 35.4 Å². The fourth-order valence-electron chi connectivity index (χ4n) is 4.96. The summed E-state index contributed by atoms with van der Waals surface area (Å²) in [5.74, 6) is -5.73. The van der Waals surface area contributed by atoms with E-state index < -0.39 is 84.7 Å². The first-order chi connectivity index (χ1) is 25.6. The minimum absolute atomic E-state index is 0.0161. The van der Waals surface area contributed by atoms with Crippen LogP contribution in [0.2, 0.25) is 0 Å². The summed E-state index contributed by atoms with van der Waals surface area (Å²) in [4.78, 5) is 93.0. The van der Waals surface area contributed by atoms with Crippen molar-refractivity contribution in [3.8, 4) is 0 Å². The molecule has 1 aromatic rings. The van der Waals surface area contributed by atoms with E-state index in [0.29, 0.717) is 37.9 Å². The fourth-order valence-corrected chi connectivity index (χ4v) is 5.22. The molecule has 54 heavy (non-hydrogen) atoms. The van der Waals surface area contributed by atoms with Crippen LogP contribution in [-0.2, 0) is 40.0 Å². The van der Waals surface area contributed by atoms with Crippen LogP contribution in [0.5, 0.6) is 0 Å². The third kappa shape index (κ3) is 19.8. The van der Waals surface area contributed by atoms with E-state index in [4.69, 9.17) is 22.9 Å². The predicted octanol–water partition coefficient (Wildman–Crippen LogP) is -3.03. The highest BCUT2D eigenvalue weighted by molar-refractivity contribution is 7.80. The molecule has 20 heteroatoms. The molecule has 0 unspecified atom stereocenters. The molecule has 0 spiro atoms. The molecule has 1 rings (SSSR count). The lowest BCUT2D eigenvalue weighted by atomic mass is 10.0. The van der Waals surface area contributed by atoms with Gasteiger partial charge < -0.3 is 59.9 Å². The van der Waals surface area contributed by atoms with Gasteiger partial charge in [0.15, 0.2) is 5.96 Å². The molecule has 0 aromatic heterocycles. The maximum Gasteiger partial charge on any atom is 0.326 e. The molecule has 0 aliphatic carbocycles. The number of aliphatic carboxylic acids is 1. The minimum Gasteiger partial charge on any atom is -0.480 e. The molecule has 19 nitrogen and oxygen atoms in total. The number of carbonyl (C=O) groups is 7. The van der Waals surface area contributed by atoms with E-state index >= 15 is 0 Å². The fraction of sp³-hybridized carbons (Fsp3) is 0.588. The van der Waals surface area contributed by atoms with Gasteiger partial charge in [-0.2, -0.15) is 12.6 Å². The Bertz CT molecular complexity index is 1410. The van der Waals surface area contributed by atoms with Gasteiger partial charge in [-0.05, 0) is 56.6 Å². The lowest BCUT2D eigenvalue weighted by molar-refractivity contribution is -0.142. The van der Waals surface area contributed by atoms with Crippen LogP contribution in [0.1, 0.15) is 57.9 Å². The number of guanidine groups is 1. The highest BCUT2D eigenvalue weighted by atomic mass is 32.1. The molecular formula is C34H57N11O8S. The summed E-state index contributed by atoms with van der Waals surface area (Å²) in [7, 11) is 0. The molecule has 1 aromatic carbocycles. The standard InChI is InChI=1S/C34H57N11O8S/c1-20(2)15-24(42-28(47)18-40-27(46)17-41-29(48)22(36)11-8-14-39-34(37)38)31(50)45-26(19-54)32(51)43-23(12-6-7-13-35)30(49)44-25(33(52)53)16-21-9-4-3-5-10-21/h3-5,9-10,20,22-26,54H,6-8,11-19,35-36H2,1-2H3,(H,40,46)(H,41,48)(H,42,47)(H,43,51)(H,44,49)(H,45,50)(H,52,53)(H4,37,38,39)/t22-,23-,24-,25-,26-/m0/s1. The summed E-state index contributed by atoms with van der Waals surface area (Å²) >= 11 is 4.21. The van der Waals surface area contributed by atoms with Crippen LogP contribution in [-0.4, -0.2) is 115 Å². The average molecular weight is 780 g/mol. The minimum atomic E-state index is -1.27. The highest BCUT2D eigenvalue weighted by Crippen LogP contribution is 2.09. The Morgan fingerprint density at radius 3 is 1.93 bits per heavy atom. The van der Waals surface area contributed by atoms with Crippen molar-refractivity contribution in [2.45, 2.75) is 89.0 Å². The summed E-state index contributed by atoms with van der Waals surface area (Å²) in [6.07, 6.45) is 2.05. The number of hydrogen-bond donors (Lipinski definition) is 12. The second-order valence-corrected chi connectivity index (χ2v) is 13.3. The van der Waals surface area contributed by atoms with Crippen LogP contribution in [0.4, 0.5) is 0 Å². The maximum absolute atomic E-state index is 13.4. The number of carboxylic acid groups (broad SMARTS) is 1. The monoisotopic (exact) mass is 779 g/mol. The molecule has 15 N–H and O–H groups in total. The second kappa shape index (κ2) is 25.9. The number of unbranched alkanes of at least 4 members (excludes halogenated alkanes) is 1. The first kappa shape index (κ1) is 47.1. The molecule has 0 aliphatic rings. The second-order valence-electron chi connectivity index (χ2n) is 13.0. The lowest BCUT2D eigenvalue weighted by Crippen LogP contribution is -2.59. The van der Waals surface area contributed by atoms with Crippen molar-refractivity contribution in [3.63, 3.8) is 0 Å². The largest absolute Gasteiger partial charge is 0.480 e. The van der Waals surface area contributed by atoms with E-state index in [2.05, 4.69) is 49.5 Å². The maximum atomic E-state index is 13.4. The van der Waals surface area contributed by atoms with Crippen molar-refractivity contribution in [3.05, 3.63) is 35.9 Å². The van der Waals surface area contributed by atoms with Gasteiger partial charge >= 0.3 is 5.97 Å². The van der Waals surface area contributed by atoms with Gasteiger partial charge in [-0.1, -0.05) is 44.2 Å². The Balaban J connectivity index is 2.83. The van der Waals surface area contributed by atoms with E-state index in [1.165, 1.54) is 0 Å². The van der Waals surface area contributed by atoms with Gasteiger partial charge in [0.25, 0.3) is 0 Å². The van der Waals surface area contributed by atoms with Gasteiger partial charge in [0, 0.05) is 18.7 Å². The van der Waals surface area contributed by atoms with Crippen LogP contribution in [0.15, 0.2) is 35.3 Å². The molecule has 5 atom stereocenters. The molecular weight excluding hydrogens is 723 g/mol. The SMILES string of the molecule is CC(C)C[C@H](NC(=O)CNC(=O)CNC(=O)[C@@H](N)CCCN=C(N)N)C(=O)N[C@@H](CS)C(=O)N[C@@H](CCCCN)C(=O)N[C@@H](Cc1ccccc1)C(=O)O. The van der Waals surface area contributed by atoms with Crippen LogP contribution in [0.3, 0.4) is 0 Å². The third-order valence-corrected chi connectivity index (χ3v) is 8.19. The van der Waals surface area contributed by atoms with Gasteiger partial charge in [-0.3, -0.25) is 33.8 Å². The van der Waals surface area contributed by atoms with Crippen molar-refractivity contribution in [1.82, 2.24) is 31.9 Å². The number of nitrogens with two attached hydrogens (primary N) is 4. The van der Waals surface area contributed by atoms with E-state index in [1.54, 1.807) is 30.3 Å². The zero-order valence-electron chi connectivity index (χ0n) is 30.8. The first-order valence-electron chi connectivity index (χ1n) is 17.7. The number of thiol groups is 1. The summed E-state index contributed by atoms with van der Waals surface area (Å²) < 4.78 is 0. The summed E-state index contributed by atoms with van der Waals surface area (Å²) in [5.41, 5.74) is 22.6. The molecule has 0 radical (unpaired) electrons. The van der Waals surface area contributed by atoms with Crippen molar-refractivity contribution in [1.29, 1.82) is 0 Å². The van der Waals surface area contributed by atoms with Gasteiger partial charge in [-0.25, -0.2) is 4.79 Å². The Labute approximate surface area is 320 Å². The van der Waals surface area contributed by atoms with Gasteiger partial charge in [0.1, 0.15) is 24.2 Å². The van der Waals surface area contributed by atoms with E-state index in [1.807, 2.05) is 13.8 Å². The van der Waals surface area contributed by atoms with E-state index in [-0.39, 0.29) is 43.3 Å². The summed E-state index contributed by atoms with van der Waals surface area (Å²) in [6.45, 7) is 3.30. The Morgan fingerprint density at radius 2 is 1.33 bits per heavy atom. The molecule has 0 saturated heterocycles. The number of carboxylic acids is 1. The molecule has 0 fully saturated rings. The summed E-state index contributed by atoms with van der Waals surface area (Å²) in [5, 5.41) is 24.7. The average Bonchev–Trinajstić information content (AvgIpc) is 3.12. The van der Waals surface area contributed by atoms with Crippen molar-refractivity contribution in [2.75, 3.05) is 31.9 Å². The Hall–Kier alpha value is -4.95. The lowest BCUT2D eigenvalue weighted by Gasteiger charge is -2.26. The quantitative estimate of drug-likeness (QED) is 0.0193. The van der Waals surface area contributed by atoms with E-state index in [9.17, 15) is 38.7 Å². The topological polar surface area (TPSA) is 328 Å². The number of nitrogens with one attached hydrogen (secondary N) is 6. The van der Waals surface area contributed by atoms with Crippen LogP contribution < -0.4 is 54.8 Å². The molecule has 0 aliphatic heterocycles. The van der Waals surface area contributed by atoms with Gasteiger partial charge in [-0.15, -0.1) is 0 Å². The number of rotatable bonds is 26. The first-order valence-corrected chi connectivity index (χ1v) is 18.3.